The number of aliphatic hydroxyl groups is 1. The highest BCUT2D eigenvalue weighted by Crippen LogP contribution is 2.37. The number of nitrogens with one attached hydrogen (secondary N) is 1. The first-order valence-corrected chi connectivity index (χ1v) is 12.2. The van der Waals surface area contributed by atoms with Gasteiger partial charge in [0.15, 0.2) is 0 Å². The number of rotatable bonds is 9. The molecule has 0 aliphatic carbocycles. The maximum Gasteiger partial charge on any atom is 0.250 e. The molecule has 0 fully saturated rings. The molecule has 0 unspecified atom stereocenters. The number of hydrogen-bond donors (Lipinski definition) is 3. The molecule has 9 nitrogen and oxygen atoms in total. The van der Waals surface area contributed by atoms with Crippen LogP contribution in [0.3, 0.4) is 0 Å². The van der Waals surface area contributed by atoms with Gasteiger partial charge in [0.05, 0.1) is 41.9 Å². The van der Waals surface area contributed by atoms with E-state index in [1.54, 1.807) is 35.1 Å². The third kappa shape index (κ3) is 5.86. The van der Waals surface area contributed by atoms with E-state index >= 15 is 0 Å². The minimum absolute atomic E-state index is 0.0404. The molecule has 2 heterocycles. The Kier molecular flexibility index (Phi) is 8.16. The SMILES string of the molecule is C=C/C(F)=C\C=C1/CC(=O)N(c2cccc(-c3ccc(C(N)=O)c(NCc4cnn(C)c4)c3C)c2CO)C=N1. The lowest BCUT2D eigenvalue weighted by atomic mass is 9.91. The van der Waals surface area contributed by atoms with Crippen molar-refractivity contribution in [2.24, 2.45) is 17.8 Å². The summed E-state index contributed by atoms with van der Waals surface area (Å²) in [5.74, 6) is -1.39. The Morgan fingerprint density at radius 3 is 2.72 bits per heavy atom. The molecule has 4 N–H and O–H groups in total. The largest absolute Gasteiger partial charge is 0.392 e. The van der Waals surface area contributed by atoms with E-state index in [1.165, 1.54) is 23.4 Å². The van der Waals surface area contributed by atoms with Crippen LogP contribution in [-0.4, -0.2) is 33.0 Å². The third-order valence-corrected chi connectivity index (χ3v) is 6.39. The average Bonchev–Trinajstić information content (AvgIpc) is 3.35. The molecule has 3 aromatic rings. The summed E-state index contributed by atoms with van der Waals surface area (Å²) in [6.45, 7) is 5.29. The fraction of sp³-hybridized carbons (Fsp3) is 0.172. The maximum absolute atomic E-state index is 13.4. The molecule has 0 saturated heterocycles. The van der Waals surface area contributed by atoms with Crippen molar-refractivity contribution in [3.8, 4) is 11.1 Å². The molecule has 1 aromatic heterocycles. The highest BCUT2D eigenvalue weighted by molar-refractivity contribution is 6.12. The highest BCUT2D eigenvalue weighted by Gasteiger charge is 2.24. The smallest absolute Gasteiger partial charge is 0.250 e. The number of aromatic nitrogens is 2. The van der Waals surface area contributed by atoms with Gasteiger partial charge in [-0.2, -0.15) is 5.10 Å². The Morgan fingerprint density at radius 1 is 1.28 bits per heavy atom. The fourth-order valence-corrected chi connectivity index (χ4v) is 4.43. The summed E-state index contributed by atoms with van der Waals surface area (Å²) in [6, 6.07) is 8.76. The molecule has 0 bridgehead atoms. The first kappa shape index (κ1) is 27.2. The second-order valence-electron chi connectivity index (χ2n) is 8.96. The molecule has 0 atom stereocenters. The lowest BCUT2D eigenvalue weighted by molar-refractivity contribution is -0.117. The van der Waals surface area contributed by atoms with E-state index in [4.69, 9.17) is 5.73 Å². The van der Waals surface area contributed by atoms with Crippen molar-refractivity contribution in [3.05, 3.63) is 101 Å². The van der Waals surface area contributed by atoms with Crippen LogP contribution in [0.5, 0.6) is 0 Å². The van der Waals surface area contributed by atoms with Crippen LogP contribution in [0.25, 0.3) is 11.1 Å². The van der Waals surface area contributed by atoms with Gasteiger partial charge in [-0.05, 0) is 54.0 Å². The Labute approximate surface area is 225 Å². The van der Waals surface area contributed by atoms with Gasteiger partial charge in [0.1, 0.15) is 12.2 Å². The summed E-state index contributed by atoms with van der Waals surface area (Å²) in [5, 5.41) is 17.9. The molecule has 2 aromatic carbocycles. The lowest BCUT2D eigenvalue weighted by Gasteiger charge is -2.26. The molecule has 200 valence electrons. The first-order valence-electron chi connectivity index (χ1n) is 12.2. The molecule has 0 spiro atoms. The number of carbonyl (C=O) groups is 2. The zero-order chi connectivity index (χ0) is 28.1. The Hall–Kier alpha value is -4.83. The number of carbonyl (C=O) groups excluding carboxylic acids is 2. The number of hydrogen-bond acceptors (Lipinski definition) is 6. The van der Waals surface area contributed by atoms with Crippen LogP contribution in [0, 0.1) is 6.92 Å². The number of allylic oxidation sites excluding steroid dienone is 4. The van der Waals surface area contributed by atoms with Crippen molar-refractivity contribution in [2.75, 3.05) is 10.2 Å². The van der Waals surface area contributed by atoms with Gasteiger partial charge in [0.25, 0.3) is 5.91 Å². The molecule has 4 rings (SSSR count). The van der Waals surface area contributed by atoms with Gasteiger partial charge >= 0.3 is 0 Å². The number of aryl methyl sites for hydroxylation is 1. The van der Waals surface area contributed by atoms with E-state index in [1.807, 2.05) is 26.2 Å². The van der Waals surface area contributed by atoms with Crippen LogP contribution in [-0.2, 0) is 25.0 Å². The van der Waals surface area contributed by atoms with Gasteiger partial charge in [-0.25, -0.2) is 9.38 Å². The Bertz CT molecular complexity index is 1540. The second kappa shape index (κ2) is 11.7. The summed E-state index contributed by atoms with van der Waals surface area (Å²) in [4.78, 5) is 30.9. The monoisotopic (exact) mass is 528 g/mol. The summed E-state index contributed by atoms with van der Waals surface area (Å²) in [7, 11) is 1.82. The number of benzene rings is 2. The second-order valence-corrected chi connectivity index (χ2v) is 8.96. The third-order valence-electron chi connectivity index (χ3n) is 6.39. The number of aliphatic hydroxyl groups excluding tert-OH is 1. The van der Waals surface area contributed by atoms with Crippen LogP contribution >= 0.6 is 0 Å². The van der Waals surface area contributed by atoms with Crippen molar-refractivity contribution >= 4 is 29.5 Å². The normalized spacial score (nSPS) is 14.7. The molecular formula is C29H29FN6O3. The summed E-state index contributed by atoms with van der Waals surface area (Å²) >= 11 is 0. The predicted octanol–water partition coefficient (Wildman–Crippen LogP) is 4.29. The lowest BCUT2D eigenvalue weighted by Crippen LogP contribution is -2.33. The molecule has 0 saturated carbocycles. The summed E-state index contributed by atoms with van der Waals surface area (Å²) in [6.07, 6.45) is 8.60. The van der Waals surface area contributed by atoms with Crippen molar-refractivity contribution in [1.29, 1.82) is 0 Å². The van der Waals surface area contributed by atoms with Gasteiger partial charge in [0, 0.05) is 30.9 Å². The van der Waals surface area contributed by atoms with E-state index in [0.29, 0.717) is 40.3 Å². The van der Waals surface area contributed by atoms with E-state index in [0.717, 1.165) is 22.8 Å². The number of amides is 2. The van der Waals surface area contributed by atoms with Crippen LogP contribution in [0.1, 0.15) is 33.5 Å². The van der Waals surface area contributed by atoms with Crippen LogP contribution in [0.2, 0.25) is 0 Å². The van der Waals surface area contributed by atoms with Crippen LogP contribution in [0.4, 0.5) is 15.8 Å². The molecule has 1 aliphatic rings. The Balaban J connectivity index is 1.74. The summed E-state index contributed by atoms with van der Waals surface area (Å²) in [5.41, 5.74) is 11.1. The number of halogens is 1. The molecule has 39 heavy (non-hydrogen) atoms. The van der Waals surface area contributed by atoms with E-state index in [2.05, 4.69) is 22.0 Å². The number of nitrogens with two attached hydrogens (primary N) is 1. The van der Waals surface area contributed by atoms with Gasteiger partial charge in [-0.1, -0.05) is 24.8 Å². The first-order chi connectivity index (χ1) is 18.7. The van der Waals surface area contributed by atoms with Crippen molar-refractivity contribution < 1.29 is 19.1 Å². The molecule has 0 radical (unpaired) electrons. The van der Waals surface area contributed by atoms with Gasteiger partial charge in [-0.15, -0.1) is 0 Å². The Morgan fingerprint density at radius 2 is 2.08 bits per heavy atom. The van der Waals surface area contributed by atoms with E-state index < -0.39 is 11.7 Å². The minimum Gasteiger partial charge on any atom is -0.392 e. The van der Waals surface area contributed by atoms with E-state index in [9.17, 15) is 19.1 Å². The number of anilines is 2. The van der Waals surface area contributed by atoms with Crippen LogP contribution < -0.4 is 16.0 Å². The van der Waals surface area contributed by atoms with E-state index in [-0.39, 0.29) is 18.9 Å². The highest BCUT2D eigenvalue weighted by atomic mass is 19.1. The average molecular weight is 529 g/mol. The predicted molar refractivity (Wildman–Crippen MR) is 150 cm³/mol. The molecule has 10 heteroatoms. The van der Waals surface area contributed by atoms with Gasteiger partial charge in [-0.3, -0.25) is 19.2 Å². The van der Waals surface area contributed by atoms with Crippen molar-refractivity contribution in [3.63, 3.8) is 0 Å². The number of nitrogens with zero attached hydrogens (tertiary/aromatic N) is 4. The van der Waals surface area contributed by atoms with Crippen molar-refractivity contribution in [2.45, 2.75) is 26.5 Å². The fourth-order valence-electron chi connectivity index (χ4n) is 4.43. The number of primary amides is 1. The quantitative estimate of drug-likeness (QED) is 0.357. The van der Waals surface area contributed by atoms with Gasteiger partial charge in [0.2, 0.25) is 5.91 Å². The maximum atomic E-state index is 13.4. The van der Waals surface area contributed by atoms with Crippen LogP contribution in [0.15, 0.2) is 84.0 Å². The van der Waals surface area contributed by atoms with Gasteiger partial charge < -0.3 is 16.2 Å². The van der Waals surface area contributed by atoms with Crippen molar-refractivity contribution in [1.82, 2.24) is 9.78 Å². The molecule has 2 amide bonds. The standard InChI is InChI=1S/C29H29FN6O3/c1-4-20(30)8-9-21-12-27(38)36(17-33-21)26-7-5-6-23(25(26)16-37)22-10-11-24(29(31)39)28(18(22)2)32-13-19-14-34-35(3)15-19/h4-11,14-15,17,32,37H,1,12-13,16H2,2-3H3,(H2,31,39)/b20-8+,21-9+. The topological polar surface area (TPSA) is 126 Å². The minimum atomic E-state index is -0.573. The number of aliphatic imine (C=N–C) groups is 1. The molecular weight excluding hydrogens is 499 g/mol. The zero-order valence-corrected chi connectivity index (χ0v) is 21.7. The zero-order valence-electron chi connectivity index (χ0n) is 21.7. The summed E-state index contributed by atoms with van der Waals surface area (Å²) < 4.78 is 15.1. The molecule has 1 aliphatic heterocycles.